The second kappa shape index (κ2) is 4.94. The van der Waals surface area contributed by atoms with E-state index in [1.807, 2.05) is 0 Å². The van der Waals surface area contributed by atoms with Gasteiger partial charge in [0, 0.05) is 5.56 Å². The Labute approximate surface area is 86.1 Å². The highest BCUT2D eigenvalue weighted by Gasteiger charge is 2.07. The summed E-state index contributed by atoms with van der Waals surface area (Å²) in [5.74, 6) is 0. The molecular weight excluding hydrogens is 172 g/mol. The van der Waals surface area contributed by atoms with Crippen molar-refractivity contribution in [1.29, 1.82) is 0 Å². The Balaban J connectivity index is 3.31. The normalized spacial score (nSPS) is 10.2. The van der Waals surface area contributed by atoms with E-state index in [4.69, 9.17) is 0 Å². The van der Waals surface area contributed by atoms with E-state index in [1.54, 1.807) is 0 Å². The van der Waals surface area contributed by atoms with Gasteiger partial charge >= 0.3 is 0 Å². The van der Waals surface area contributed by atoms with Crippen LogP contribution in [0.25, 0.3) is 0 Å². The van der Waals surface area contributed by atoms with Crippen LogP contribution in [-0.4, -0.2) is 6.29 Å². The maximum atomic E-state index is 10.8. The molecule has 0 N–H and O–H groups in total. The van der Waals surface area contributed by atoms with E-state index in [0.29, 0.717) is 0 Å². The van der Waals surface area contributed by atoms with Crippen molar-refractivity contribution in [1.82, 2.24) is 0 Å². The summed E-state index contributed by atoms with van der Waals surface area (Å²) in [4.78, 5) is 10.8. The maximum Gasteiger partial charge on any atom is 0.234 e. The van der Waals surface area contributed by atoms with Crippen molar-refractivity contribution in [3.63, 3.8) is 0 Å². The van der Waals surface area contributed by atoms with E-state index in [-0.39, 0.29) is 0 Å². The Morgan fingerprint density at radius 1 is 1.00 bits per heavy atom. The van der Waals surface area contributed by atoms with E-state index in [9.17, 15) is 4.79 Å². The quantitative estimate of drug-likeness (QED) is 0.711. The van der Waals surface area contributed by atoms with Crippen molar-refractivity contribution in [2.45, 2.75) is 40.0 Å². The van der Waals surface area contributed by atoms with Gasteiger partial charge in [-0.2, -0.15) is 0 Å². The second-order valence-corrected chi connectivity index (χ2v) is 3.45. The number of rotatable bonds is 4. The zero-order valence-corrected chi connectivity index (χ0v) is 9.18. The summed E-state index contributed by atoms with van der Waals surface area (Å²) < 4.78 is 0. The van der Waals surface area contributed by atoms with E-state index < -0.39 is 0 Å². The summed E-state index contributed by atoms with van der Waals surface area (Å²) in [7, 11) is 0. The van der Waals surface area contributed by atoms with E-state index in [1.165, 1.54) is 5.56 Å². The van der Waals surface area contributed by atoms with Crippen LogP contribution in [0.1, 0.15) is 43.0 Å². The standard InChI is InChI=1S/C13H17O/c1-4-10-7-11(5-2)13(9-14)12(6-3)8-10/h7-8H,4-6H2,1-3H3. The topological polar surface area (TPSA) is 17.1 Å². The monoisotopic (exact) mass is 189 g/mol. The SMILES string of the molecule is CCc1cc(CC)c([C]=O)c(CC)c1. The first-order valence-corrected chi connectivity index (χ1v) is 5.29. The molecule has 0 bridgehead atoms. The highest BCUT2D eigenvalue weighted by atomic mass is 16.1. The Morgan fingerprint density at radius 2 is 1.50 bits per heavy atom. The Kier molecular flexibility index (Phi) is 3.87. The average Bonchev–Trinajstić information content (AvgIpc) is 2.26. The number of carbonyl (C=O) groups excluding carboxylic acids is 1. The lowest BCUT2D eigenvalue weighted by molar-refractivity contribution is 0.562. The van der Waals surface area contributed by atoms with Gasteiger partial charge in [-0.05, 0) is 36.0 Å². The zero-order valence-electron chi connectivity index (χ0n) is 9.18. The smallest absolute Gasteiger partial charge is 0.234 e. The number of hydrogen-bond acceptors (Lipinski definition) is 1. The summed E-state index contributed by atoms with van der Waals surface area (Å²) in [5.41, 5.74) is 4.37. The Hall–Kier alpha value is -1.11. The molecule has 0 fully saturated rings. The van der Waals surface area contributed by atoms with Gasteiger partial charge in [0.15, 0.2) is 0 Å². The minimum Gasteiger partial charge on any atom is -0.285 e. The lowest BCUT2D eigenvalue weighted by Gasteiger charge is -2.09. The summed E-state index contributed by atoms with van der Waals surface area (Å²) in [5, 5.41) is 0. The van der Waals surface area contributed by atoms with Crippen molar-refractivity contribution >= 4 is 6.29 Å². The molecule has 14 heavy (non-hydrogen) atoms. The average molecular weight is 189 g/mol. The van der Waals surface area contributed by atoms with E-state index >= 15 is 0 Å². The van der Waals surface area contributed by atoms with Crippen LogP contribution in [0.5, 0.6) is 0 Å². The van der Waals surface area contributed by atoms with Crippen LogP contribution in [0.4, 0.5) is 0 Å². The van der Waals surface area contributed by atoms with Crippen molar-refractivity contribution < 1.29 is 4.79 Å². The van der Waals surface area contributed by atoms with Crippen LogP contribution in [0.3, 0.4) is 0 Å². The molecule has 1 aromatic rings. The first-order valence-electron chi connectivity index (χ1n) is 5.29. The van der Waals surface area contributed by atoms with Gasteiger partial charge in [0.2, 0.25) is 6.29 Å². The molecule has 75 valence electrons. The molecule has 1 aromatic carbocycles. The van der Waals surface area contributed by atoms with Gasteiger partial charge in [0.1, 0.15) is 0 Å². The van der Waals surface area contributed by atoms with Crippen LogP contribution < -0.4 is 0 Å². The molecular formula is C13H17O. The summed E-state index contributed by atoms with van der Waals surface area (Å²) >= 11 is 0. The zero-order chi connectivity index (χ0) is 10.6. The molecule has 0 aliphatic heterocycles. The molecule has 0 atom stereocenters. The molecule has 0 spiro atoms. The van der Waals surface area contributed by atoms with Gasteiger partial charge < -0.3 is 0 Å². The molecule has 0 saturated carbocycles. The largest absolute Gasteiger partial charge is 0.285 e. The minimum absolute atomic E-state index is 0.784. The van der Waals surface area contributed by atoms with Gasteiger partial charge in [0.05, 0.1) is 0 Å². The molecule has 0 heterocycles. The molecule has 1 heteroatoms. The van der Waals surface area contributed by atoms with E-state index in [0.717, 1.165) is 36.0 Å². The lowest BCUT2D eigenvalue weighted by atomic mass is 9.94. The third-order valence-electron chi connectivity index (χ3n) is 2.63. The van der Waals surface area contributed by atoms with Crippen molar-refractivity contribution in [2.75, 3.05) is 0 Å². The van der Waals surface area contributed by atoms with Crippen molar-refractivity contribution in [3.8, 4) is 0 Å². The van der Waals surface area contributed by atoms with E-state index in [2.05, 4.69) is 39.2 Å². The molecule has 0 unspecified atom stereocenters. The second-order valence-electron chi connectivity index (χ2n) is 3.45. The summed E-state index contributed by atoms with van der Waals surface area (Å²) in [6.45, 7) is 6.29. The third-order valence-corrected chi connectivity index (χ3v) is 2.63. The molecule has 0 saturated heterocycles. The van der Waals surface area contributed by atoms with Crippen molar-refractivity contribution in [2.24, 2.45) is 0 Å². The predicted octanol–water partition coefficient (Wildman–Crippen LogP) is 2.83. The Bertz CT molecular complexity index is 301. The van der Waals surface area contributed by atoms with Gasteiger partial charge in [-0.25, -0.2) is 0 Å². The fourth-order valence-electron chi connectivity index (χ4n) is 1.73. The van der Waals surface area contributed by atoms with Crippen LogP contribution in [-0.2, 0) is 24.1 Å². The highest BCUT2D eigenvalue weighted by molar-refractivity contribution is 5.80. The maximum absolute atomic E-state index is 10.8. The number of aryl methyl sites for hydroxylation is 3. The molecule has 0 aliphatic rings. The van der Waals surface area contributed by atoms with Gasteiger partial charge in [0.25, 0.3) is 0 Å². The van der Waals surface area contributed by atoms with Crippen LogP contribution in [0, 0.1) is 0 Å². The first kappa shape index (κ1) is 11.0. The molecule has 0 aromatic heterocycles. The fourth-order valence-corrected chi connectivity index (χ4v) is 1.73. The molecule has 0 aliphatic carbocycles. The third kappa shape index (κ3) is 2.03. The molecule has 0 amide bonds. The number of benzene rings is 1. The Morgan fingerprint density at radius 3 is 1.79 bits per heavy atom. The molecule has 1 radical (unpaired) electrons. The first-order chi connectivity index (χ1) is 6.76. The molecule has 1 nitrogen and oxygen atoms in total. The predicted molar refractivity (Wildman–Crippen MR) is 59.4 cm³/mol. The number of hydrogen-bond donors (Lipinski definition) is 0. The summed E-state index contributed by atoms with van der Waals surface area (Å²) in [6, 6.07) is 4.25. The van der Waals surface area contributed by atoms with Gasteiger partial charge in [-0.1, -0.05) is 32.9 Å². The lowest BCUT2D eigenvalue weighted by Crippen LogP contribution is -2.00. The minimum atomic E-state index is 0.784. The van der Waals surface area contributed by atoms with Crippen LogP contribution in [0.2, 0.25) is 0 Å². The van der Waals surface area contributed by atoms with Gasteiger partial charge in [-0.15, -0.1) is 0 Å². The van der Waals surface area contributed by atoms with Gasteiger partial charge in [-0.3, -0.25) is 4.79 Å². The van der Waals surface area contributed by atoms with Crippen molar-refractivity contribution in [3.05, 3.63) is 34.4 Å². The summed E-state index contributed by atoms with van der Waals surface area (Å²) in [6.07, 6.45) is 4.91. The van der Waals surface area contributed by atoms with Crippen LogP contribution >= 0.6 is 0 Å². The van der Waals surface area contributed by atoms with Crippen LogP contribution in [0.15, 0.2) is 12.1 Å². The fraction of sp³-hybridized carbons (Fsp3) is 0.462. The molecule has 1 rings (SSSR count). The highest BCUT2D eigenvalue weighted by Crippen LogP contribution is 2.18.